The molecule has 2 aromatic rings. The maximum Gasteiger partial charge on any atom is 0.246 e. The largest absolute Gasteiger partial charge is 0.367 e. The molecule has 1 amide bonds. The van der Waals surface area contributed by atoms with Crippen LogP contribution in [0.2, 0.25) is 0 Å². The van der Waals surface area contributed by atoms with Crippen LogP contribution in [0.15, 0.2) is 29.6 Å². The number of rotatable bonds is 11. The first kappa shape index (κ1) is 21.9. The summed E-state index contributed by atoms with van der Waals surface area (Å²) in [5.74, 6) is 0.247. The Morgan fingerprint density at radius 1 is 1.21 bits per heavy atom. The summed E-state index contributed by atoms with van der Waals surface area (Å²) in [4.78, 5) is 16.6. The summed E-state index contributed by atoms with van der Waals surface area (Å²) < 4.78 is 18.2. The van der Waals surface area contributed by atoms with Crippen molar-refractivity contribution < 1.29 is 13.9 Å². The van der Waals surface area contributed by atoms with Crippen molar-refractivity contribution in [1.82, 2.24) is 15.6 Å². The van der Waals surface area contributed by atoms with Crippen molar-refractivity contribution in [2.45, 2.75) is 51.0 Å². The van der Waals surface area contributed by atoms with E-state index in [4.69, 9.17) is 9.72 Å². The lowest BCUT2D eigenvalue weighted by Crippen LogP contribution is -2.28. The fourth-order valence-corrected chi connectivity index (χ4v) is 4.45. The van der Waals surface area contributed by atoms with Crippen molar-refractivity contribution in [2.75, 3.05) is 26.2 Å². The Morgan fingerprint density at radius 3 is 2.79 bits per heavy atom. The summed E-state index contributed by atoms with van der Waals surface area (Å²) in [6.45, 7) is 3.19. The first-order chi connectivity index (χ1) is 14.2. The molecule has 158 valence electrons. The number of hydrogen-bond acceptors (Lipinski definition) is 5. The third-order valence-electron chi connectivity index (χ3n) is 5.10. The molecule has 0 aliphatic carbocycles. The molecule has 1 aliphatic heterocycles. The van der Waals surface area contributed by atoms with Crippen LogP contribution in [0, 0.1) is 5.82 Å². The molecule has 0 spiro atoms. The maximum absolute atomic E-state index is 12.8. The van der Waals surface area contributed by atoms with Crippen LogP contribution in [0.4, 0.5) is 4.39 Å². The number of carbonyl (C=O) groups is 1. The van der Waals surface area contributed by atoms with Gasteiger partial charge in [0.05, 0.1) is 17.3 Å². The maximum atomic E-state index is 12.8. The van der Waals surface area contributed by atoms with E-state index < -0.39 is 0 Å². The number of nitrogens with zero attached hydrogens (tertiary/aromatic N) is 1. The van der Waals surface area contributed by atoms with Gasteiger partial charge in [0.15, 0.2) is 0 Å². The van der Waals surface area contributed by atoms with E-state index in [1.165, 1.54) is 35.7 Å². The van der Waals surface area contributed by atoms with Crippen molar-refractivity contribution in [1.29, 1.82) is 0 Å². The van der Waals surface area contributed by atoms with Gasteiger partial charge < -0.3 is 15.4 Å². The van der Waals surface area contributed by atoms with Gasteiger partial charge in [-0.3, -0.25) is 4.79 Å². The van der Waals surface area contributed by atoms with Crippen molar-refractivity contribution in [3.05, 3.63) is 51.7 Å². The van der Waals surface area contributed by atoms with E-state index >= 15 is 0 Å². The lowest BCUT2D eigenvalue weighted by atomic mass is 9.99. The smallest absolute Gasteiger partial charge is 0.246 e. The zero-order valence-corrected chi connectivity index (χ0v) is 17.6. The predicted molar refractivity (Wildman–Crippen MR) is 114 cm³/mol. The van der Waals surface area contributed by atoms with Crippen LogP contribution in [0.1, 0.15) is 54.3 Å². The van der Waals surface area contributed by atoms with E-state index in [0.717, 1.165) is 44.3 Å². The lowest BCUT2D eigenvalue weighted by Gasteiger charge is -2.20. The number of amides is 1. The molecule has 0 radical (unpaired) electrons. The van der Waals surface area contributed by atoms with E-state index in [-0.39, 0.29) is 18.3 Å². The number of nitrogens with one attached hydrogen (secondary N) is 2. The second-order valence-electron chi connectivity index (χ2n) is 7.48. The normalized spacial score (nSPS) is 14.8. The number of aryl methyl sites for hydroxylation is 1. The number of hydrogen-bond donors (Lipinski definition) is 2. The van der Waals surface area contributed by atoms with E-state index in [9.17, 15) is 9.18 Å². The molecule has 0 unspecified atom stereocenters. The van der Waals surface area contributed by atoms with Crippen LogP contribution in [-0.4, -0.2) is 37.1 Å². The van der Waals surface area contributed by atoms with Gasteiger partial charge in [-0.1, -0.05) is 18.6 Å². The van der Waals surface area contributed by atoms with Gasteiger partial charge in [0.1, 0.15) is 12.4 Å². The highest BCUT2D eigenvalue weighted by Crippen LogP contribution is 2.28. The highest BCUT2D eigenvalue weighted by molar-refractivity contribution is 7.09. The summed E-state index contributed by atoms with van der Waals surface area (Å²) in [7, 11) is 0. The fraction of sp³-hybridized carbons (Fsp3) is 0.545. The Labute approximate surface area is 176 Å². The molecule has 1 aromatic heterocycles. The summed E-state index contributed by atoms with van der Waals surface area (Å²) in [5.41, 5.74) is 2.06. The van der Waals surface area contributed by atoms with Gasteiger partial charge in [-0.15, -0.1) is 11.3 Å². The molecule has 7 heteroatoms. The van der Waals surface area contributed by atoms with Gasteiger partial charge >= 0.3 is 0 Å². The molecule has 2 N–H and O–H groups in total. The van der Waals surface area contributed by atoms with Gasteiger partial charge in [0, 0.05) is 17.8 Å². The van der Waals surface area contributed by atoms with Crippen LogP contribution < -0.4 is 10.6 Å². The highest BCUT2D eigenvalue weighted by atomic mass is 32.1. The van der Waals surface area contributed by atoms with Crippen molar-refractivity contribution >= 4 is 17.2 Å². The Balaban J connectivity index is 1.20. The minimum Gasteiger partial charge on any atom is -0.367 e. The first-order valence-corrected chi connectivity index (χ1v) is 11.3. The molecule has 1 saturated heterocycles. The third kappa shape index (κ3) is 7.84. The molecule has 0 bridgehead atoms. The Morgan fingerprint density at radius 2 is 2.00 bits per heavy atom. The Bertz CT molecular complexity index is 745. The number of halogens is 1. The van der Waals surface area contributed by atoms with Gasteiger partial charge in [-0.25, -0.2) is 9.37 Å². The van der Waals surface area contributed by atoms with E-state index in [1.54, 1.807) is 23.5 Å². The minimum absolute atomic E-state index is 0.0235. The topological polar surface area (TPSA) is 63.2 Å². The summed E-state index contributed by atoms with van der Waals surface area (Å²) in [5, 5.41) is 9.79. The number of ether oxygens (including phenoxy) is 1. The van der Waals surface area contributed by atoms with Crippen LogP contribution >= 0.6 is 11.3 Å². The standard InChI is InChI=1S/C22H30FN3O2S/c23-19-7-5-17(6-8-19)14-28-15-21(27)25-11-3-1-2-4-20-16-29-22(26-20)18-9-12-24-13-10-18/h5-8,16,18,24H,1-4,9-15H2,(H,25,27). The molecule has 1 aliphatic rings. The van der Waals surface area contributed by atoms with Gasteiger partial charge in [0.2, 0.25) is 5.91 Å². The molecule has 1 fully saturated rings. The molecule has 5 nitrogen and oxygen atoms in total. The molecular weight excluding hydrogens is 389 g/mol. The first-order valence-electron chi connectivity index (χ1n) is 10.4. The summed E-state index contributed by atoms with van der Waals surface area (Å²) >= 11 is 1.81. The predicted octanol–water partition coefficient (Wildman–Crippen LogP) is 3.80. The summed E-state index contributed by atoms with van der Waals surface area (Å²) in [6.07, 6.45) is 6.51. The van der Waals surface area contributed by atoms with Crippen LogP contribution in [0.25, 0.3) is 0 Å². The minimum atomic E-state index is -0.275. The molecule has 0 saturated carbocycles. The van der Waals surface area contributed by atoms with Crippen LogP contribution in [0.5, 0.6) is 0 Å². The quantitative estimate of drug-likeness (QED) is 0.544. The van der Waals surface area contributed by atoms with Crippen molar-refractivity contribution in [2.24, 2.45) is 0 Å². The van der Waals surface area contributed by atoms with Gasteiger partial charge in [0.25, 0.3) is 0 Å². The van der Waals surface area contributed by atoms with Crippen LogP contribution in [0.3, 0.4) is 0 Å². The molecule has 2 heterocycles. The van der Waals surface area contributed by atoms with Gasteiger partial charge in [-0.05, 0) is 62.9 Å². The molecule has 1 aromatic carbocycles. The van der Waals surface area contributed by atoms with Crippen LogP contribution in [-0.2, 0) is 22.6 Å². The van der Waals surface area contributed by atoms with Crippen molar-refractivity contribution in [3.8, 4) is 0 Å². The zero-order valence-electron chi connectivity index (χ0n) is 16.8. The molecule has 29 heavy (non-hydrogen) atoms. The SMILES string of the molecule is O=C(COCc1ccc(F)cc1)NCCCCCc1csc(C2CCNCC2)n1. The Kier molecular flexibility index (Phi) is 9.05. The number of thiazole rings is 1. The number of benzene rings is 1. The number of piperidine rings is 1. The summed E-state index contributed by atoms with van der Waals surface area (Å²) in [6, 6.07) is 6.09. The Hall–Kier alpha value is -1.83. The third-order valence-corrected chi connectivity index (χ3v) is 6.16. The second-order valence-corrected chi connectivity index (χ2v) is 8.37. The molecule has 3 rings (SSSR count). The average molecular weight is 420 g/mol. The van der Waals surface area contributed by atoms with E-state index in [1.807, 2.05) is 0 Å². The number of aromatic nitrogens is 1. The zero-order chi connectivity index (χ0) is 20.3. The van der Waals surface area contributed by atoms with E-state index in [2.05, 4.69) is 16.0 Å². The van der Waals surface area contributed by atoms with Crippen molar-refractivity contribution in [3.63, 3.8) is 0 Å². The van der Waals surface area contributed by atoms with E-state index in [0.29, 0.717) is 19.1 Å². The van der Waals surface area contributed by atoms with Gasteiger partial charge in [-0.2, -0.15) is 0 Å². The highest BCUT2D eigenvalue weighted by Gasteiger charge is 2.18. The number of unbranched alkanes of at least 4 members (excludes halogenated alkanes) is 2. The lowest BCUT2D eigenvalue weighted by molar-refractivity contribution is -0.126. The number of carbonyl (C=O) groups excluding carboxylic acids is 1. The fourth-order valence-electron chi connectivity index (χ4n) is 3.42. The monoisotopic (exact) mass is 419 g/mol. The average Bonchev–Trinajstić information content (AvgIpc) is 3.22. The molecule has 0 atom stereocenters. The second kappa shape index (κ2) is 12.0. The molecular formula is C22H30FN3O2S.